The molecule has 3 atom stereocenters. The molecule has 0 spiro atoms. The third-order valence-corrected chi connectivity index (χ3v) is 8.31. The van der Waals surface area contributed by atoms with Crippen LogP contribution in [0.25, 0.3) is 0 Å². The summed E-state index contributed by atoms with van der Waals surface area (Å²) in [4.78, 5) is 14.9. The van der Waals surface area contributed by atoms with E-state index in [1.165, 1.54) is 24.8 Å². The number of sulfonamides is 1. The predicted molar refractivity (Wildman–Crippen MR) is 136 cm³/mol. The number of nitrogens with one attached hydrogen (secondary N) is 1. The van der Waals surface area contributed by atoms with Crippen LogP contribution in [0.5, 0.6) is 5.75 Å². The normalized spacial score (nSPS) is 22.9. The topological polar surface area (TPSA) is 105 Å². The van der Waals surface area contributed by atoms with Gasteiger partial charge in [-0.15, -0.1) is 0 Å². The number of ether oxygens (including phenoxy) is 2. The van der Waals surface area contributed by atoms with E-state index in [0.29, 0.717) is 11.7 Å². The molecule has 0 unspecified atom stereocenters. The molecule has 0 saturated carbocycles. The molecule has 4 rings (SSSR count). The number of nitrogens with zero attached hydrogens (tertiary/aromatic N) is 1. The molecule has 1 amide bonds. The zero-order valence-electron chi connectivity index (χ0n) is 20.5. The average Bonchev–Trinajstić information content (AvgIpc) is 2.90. The minimum absolute atomic E-state index is 0.0109. The largest absolute Gasteiger partial charge is 0.497 e. The van der Waals surface area contributed by atoms with Crippen LogP contribution in [0.3, 0.4) is 0 Å². The van der Waals surface area contributed by atoms with E-state index in [4.69, 9.17) is 9.47 Å². The van der Waals surface area contributed by atoms with Gasteiger partial charge >= 0.3 is 0 Å². The lowest BCUT2D eigenvalue weighted by Gasteiger charge is -2.35. The Balaban J connectivity index is 1.29. The maximum atomic E-state index is 12.9. The zero-order chi connectivity index (χ0) is 25.5. The number of benzene rings is 2. The number of hydrogen-bond donors (Lipinski definition) is 2. The molecule has 36 heavy (non-hydrogen) atoms. The van der Waals surface area contributed by atoms with Gasteiger partial charge in [0.25, 0.3) is 0 Å². The molecule has 1 saturated heterocycles. The molecule has 194 valence electrons. The molecule has 0 bridgehead atoms. The summed E-state index contributed by atoms with van der Waals surface area (Å²) in [5.41, 5.74) is 1.33. The molecule has 2 aliphatic rings. The first kappa shape index (κ1) is 26.3. The molecule has 0 aromatic heterocycles. The number of likely N-dealkylation sites (tertiary alicyclic amines) is 1. The van der Waals surface area contributed by atoms with E-state index < -0.39 is 28.3 Å². The molecule has 2 aliphatic heterocycles. The summed E-state index contributed by atoms with van der Waals surface area (Å²) in [6, 6.07) is 15.7. The summed E-state index contributed by atoms with van der Waals surface area (Å²) in [5, 5.41) is 9.84. The molecule has 2 aromatic carbocycles. The Morgan fingerprint density at radius 3 is 2.42 bits per heavy atom. The lowest BCUT2D eigenvalue weighted by Crippen LogP contribution is -2.49. The van der Waals surface area contributed by atoms with Crippen molar-refractivity contribution in [3.8, 4) is 5.75 Å². The summed E-state index contributed by atoms with van der Waals surface area (Å²) in [6.07, 6.45) is 5.18. The van der Waals surface area contributed by atoms with Gasteiger partial charge in [0, 0.05) is 13.1 Å². The maximum Gasteiger partial charge on any atom is 0.241 e. The van der Waals surface area contributed by atoms with Crippen LogP contribution in [0.15, 0.2) is 71.6 Å². The monoisotopic (exact) mass is 514 g/mol. The Hall–Kier alpha value is -2.72. The number of rotatable bonds is 9. The quantitative estimate of drug-likeness (QED) is 0.499. The Kier molecular flexibility index (Phi) is 8.79. The standard InChI is InChI=1S/C27H34N2O6S/c1-34-22-7-10-24(11-8-22)36(32,33)28-25-12-9-23(35-26(25)19-30)18-27(31)29-15-13-21(14-16-29)17-20-5-3-2-4-6-20/h2-12,21,23,25-26,28,30H,13-19H2,1H3/t23-,25+,26-/m0/s1. The van der Waals surface area contributed by atoms with Crippen LogP contribution >= 0.6 is 0 Å². The van der Waals surface area contributed by atoms with Gasteiger partial charge in [-0.25, -0.2) is 13.1 Å². The summed E-state index contributed by atoms with van der Waals surface area (Å²) in [6.45, 7) is 1.07. The van der Waals surface area contributed by atoms with Gasteiger partial charge < -0.3 is 19.5 Å². The lowest BCUT2D eigenvalue weighted by molar-refractivity contribution is -0.136. The molecular weight excluding hydrogens is 480 g/mol. The Labute approximate surface area is 213 Å². The van der Waals surface area contributed by atoms with E-state index in [9.17, 15) is 18.3 Å². The number of carbonyl (C=O) groups is 1. The van der Waals surface area contributed by atoms with E-state index in [2.05, 4.69) is 29.0 Å². The highest BCUT2D eigenvalue weighted by Crippen LogP contribution is 2.24. The van der Waals surface area contributed by atoms with E-state index in [-0.39, 0.29) is 23.8 Å². The molecule has 9 heteroatoms. The maximum absolute atomic E-state index is 12.9. The fourth-order valence-corrected chi connectivity index (χ4v) is 5.97. The second kappa shape index (κ2) is 12.0. The first-order valence-corrected chi connectivity index (χ1v) is 13.8. The van der Waals surface area contributed by atoms with E-state index in [0.717, 1.165) is 32.4 Å². The van der Waals surface area contributed by atoms with Crippen molar-refractivity contribution in [3.63, 3.8) is 0 Å². The van der Waals surface area contributed by atoms with Crippen LogP contribution in [0, 0.1) is 5.92 Å². The number of aliphatic hydroxyl groups excluding tert-OH is 1. The number of carbonyl (C=O) groups excluding carboxylic acids is 1. The number of piperidine rings is 1. The lowest BCUT2D eigenvalue weighted by atomic mass is 9.90. The number of methoxy groups -OCH3 is 1. The fraction of sp³-hybridized carbons (Fsp3) is 0.444. The van der Waals surface area contributed by atoms with Crippen molar-refractivity contribution >= 4 is 15.9 Å². The Bertz CT molecular complexity index is 1130. The third-order valence-electron chi connectivity index (χ3n) is 6.83. The first-order chi connectivity index (χ1) is 17.4. The van der Waals surface area contributed by atoms with Crippen molar-refractivity contribution in [2.24, 2.45) is 5.92 Å². The van der Waals surface area contributed by atoms with Crippen LogP contribution in [-0.4, -0.2) is 69.4 Å². The molecule has 2 heterocycles. The zero-order valence-corrected chi connectivity index (χ0v) is 21.3. The van der Waals surface area contributed by atoms with Crippen LogP contribution < -0.4 is 9.46 Å². The minimum Gasteiger partial charge on any atom is -0.497 e. The van der Waals surface area contributed by atoms with Crippen molar-refractivity contribution in [1.82, 2.24) is 9.62 Å². The van der Waals surface area contributed by atoms with Crippen LogP contribution in [-0.2, 0) is 26.0 Å². The van der Waals surface area contributed by atoms with Crippen molar-refractivity contribution in [1.29, 1.82) is 0 Å². The van der Waals surface area contributed by atoms with E-state index in [1.54, 1.807) is 24.3 Å². The van der Waals surface area contributed by atoms with Gasteiger partial charge in [0.1, 0.15) is 11.9 Å². The fourth-order valence-electron chi connectivity index (χ4n) is 4.75. The molecule has 0 aliphatic carbocycles. The third kappa shape index (κ3) is 6.73. The molecule has 1 fully saturated rings. The molecular formula is C27H34N2O6S. The van der Waals surface area contributed by atoms with Crippen molar-refractivity contribution in [2.45, 2.75) is 48.8 Å². The summed E-state index contributed by atoms with van der Waals surface area (Å²) in [7, 11) is -2.33. The molecule has 8 nitrogen and oxygen atoms in total. The van der Waals surface area contributed by atoms with Gasteiger partial charge in [-0.3, -0.25) is 4.79 Å². The van der Waals surface area contributed by atoms with Crippen molar-refractivity contribution in [2.75, 3.05) is 26.8 Å². The van der Waals surface area contributed by atoms with Gasteiger partial charge in [-0.1, -0.05) is 42.5 Å². The second-order valence-corrected chi connectivity index (χ2v) is 11.0. The number of amides is 1. The molecule has 2 aromatic rings. The van der Waals surface area contributed by atoms with Crippen LogP contribution in [0.4, 0.5) is 0 Å². The number of aliphatic hydroxyl groups is 1. The highest BCUT2D eigenvalue weighted by molar-refractivity contribution is 7.89. The van der Waals surface area contributed by atoms with Gasteiger partial charge in [0.05, 0.1) is 37.2 Å². The number of hydrogen-bond acceptors (Lipinski definition) is 6. The summed E-state index contributed by atoms with van der Waals surface area (Å²) in [5.74, 6) is 1.13. The predicted octanol–water partition coefficient (Wildman–Crippen LogP) is 2.53. The van der Waals surface area contributed by atoms with Crippen LogP contribution in [0.1, 0.15) is 24.8 Å². The second-order valence-electron chi connectivity index (χ2n) is 9.32. The van der Waals surface area contributed by atoms with Gasteiger partial charge in [0.2, 0.25) is 15.9 Å². The van der Waals surface area contributed by atoms with E-state index in [1.807, 2.05) is 11.0 Å². The van der Waals surface area contributed by atoms with Crippen molar-refractivity contribution in [3.05, 3.63) is 72.3 Å². The first-order valence-electron chi connectivity index (χ1n) is 12.3. The van der Waals surface area contributed by atoms with Gasteiger partial charge in [-0.05, 0) is 55.0 Å². The van der Waals surface area contributed by atoms with Gasteiger partial charge in [0.15, 0.2) is 0 Å². The summed E-state index contributed by atoms with van der Waals surface area (Å²) >= 11 is 0. The van der Waals surface area contributed by atoms with Crippen LogP contribution in [0.2, 0.25) is 0 Å². The Morgan fingerprint density at radius 1 is 1.08 bits per heavy atom. The highest BCUT2D eigenvalue weighted by atomic mass is 32.2. The molecule has 2 N–H and O–H groups in total. The van der Waals surface area contributed by atoms with E-state index >= 15 is 0 Å². The summed E-state index contributed by atoms with van der Waals surface area (Å²) < 4.78 is 39.1. The highest BCUT2D eigenvalue weighted by Gasteiger charge is 2.32. The average molecular weight is 515 g/mol. The molecule has 0 radical (unpaired) electrons. The Morgan fingerprint density at radius 2 is 1.78 bits per heavy atom. The van der Waals surface area contributed by atoms with Gasteiger partial charge in [-0.2, -0.15) is 0 Å². The minimum atomic E-state index is -3.84. The van der Waals surface area contributed by atoms with Crippen molar-refractivity contribution < 1.29 is 27.8 Å². The smallest absolute Gasteiger partial charge is 0.241 e. The SMILES string of the molecule is COc1ccc(S(=O)(=O)N[C@@H]2C=C[C@@H](CC(=O)N3CCC(Cc4ccccc4)CC3)O[C@H]2CO)cc1.